The Balaban J connectivity index is 1.91. The van der Waals surface area contributed by atoms with Crippen LogP contribution in [0.5, 0.6) is 5.75 Å². The van der Waals surface area contributed by atoms with E-state index in [0.29, 0.717) is 41.7 Å². The zero-order chi connectivity index (χ0) is 17.1. The molecule has 128 valence electrons. The summed E-state index contributed by atoms with van der Waals surface area (Å²) in [6.45, 7) is 6.20. The van der Waals surface area contributed by atoms with E-state index in [2.05, 4.69) is 17.2 Å². The minimum absolute atomic E-state index is 0.113. The first-order valence-corrected chi connectivity index (χ1v) is 8.47. The Hall–Kier alpha value is -2.21. The second-order valence-electron chi connectivity index (χ2n) is 6.39. The molecule has 6 heteroatoms. The number of hydrogen-bond donors (Lipinski definition) is 2. The molecule has 0 saturated heterocycles. The lowest BCUT2D eigenvalue weighted by Gasteiger charge is -2.25. The van der Waals surface area contributed by atoms with Gasteiger partial charge in [0.2, 0.25) is 0 Å². The number of imidazole rings is 1. The SMILES string of the molecule is [CH2+]Cc1nc2c(OCC3CCC3)cccn2c1C(=O)NC(C)CO. The molecule has 0 bridgehead atoms. The van der Waals surface area contributed by atoms with E-state index in [-0.39, 0.29) is 18.6 Å². The van der Waals surface area contributed by atoms with Crippen molar-refractivity contribution in [1.29, 1.82) is 0 Å². The number of aliphatic hydroxyl groups is 1. The molecule has 2 aromatic rings. The predicted molar refractivity (Wildman–Crippen MR) is 91.1 cm³/mol. The van der Waals surface area contributed by atoms with Crippen LogP contribution in [0.15, 0.2) is 18.3 Å². The zero-order valence-corrected chi connectivity index (χ0v) is 14.0. The number of carbonyl (C=O) groups excluding carboxylic acids is 1. The van der Waals surface area contributed by atoms with E-state index in [1.54, 1.807) is 17.5 Å². The monoisotopic (exact) mass is 330 g/mol. The molecule has 2 N–H and O–H groups in total. The number of nitrogens with one attached hydrogen (secondary N) is 1. The summed E-state index contributed by atoms with van der Waals surface area (Å²) in [6.07, 6.45) is 5.92. The Bertz CT molecular complexity index is 722. The van der Waals surface area contributed by atoms with Gasteiger partial charge in [-0.25, -0.2) is 4.98 Å². The third kappa shape index (κ3) is 3.19. The summed E-state index contributed by atoms with van der Waals surface area (Å²) in [6, 6.07) is 3.41. The summed E-state index contributed by atoms with van der Waals surface area (Å²) in [5, 5.41) is 11.9. The van der Waals surface area contributed by atoms with Crippen LogP contribution >= 0.6 is 0 Å². The summed E-state index contributed by atoms with van der Waals surface area (Å²) in [5.74, 6) is 1.05. The molecule has 0 spiro atoms. The molecule has 0 aliphatic heterocycles. The van der Waals surface area contributed by atoms with Crippen molar-refractivity contribution in [3.8, 4) is 5.75 Å². The van der Waals surface area contributed by atoms with Crippen molar-refractivity contribution in [1.82, 2.24) is 14.7 Å². The maximum Gasteiger partial charge on any atom is 0.270 e. The highest BCUT2D eigenvalue weighted by atomic mass is 16.5. The Morgan fingerprint density at radius 2 is 2.38 bits per heavy atom. The van der Waals surface area contributed by atoms with Crippen LogP contribution in [0, 0.1) is 12.8 Å². The zero-order valence-electron chi connectivity index (χ0n) is 14.0. The van der Waals surface area contributed by atoms with Crippen molar-refractivity contribution in [2.45, 2.75) is 38.6 Å². The molecule has 3 rings (SSSR count). The number of carbonyl (C=O) groups is 1. The summed E-state index contributed by atoms with van der Waals surface area (Å²) >= 11 is 0. The van der Waals surface area contributed by atoms with Crippen LogP contribution in [-0.2, 0) is 6.42 Å². The van der Waals surface area contributed by atoms with Crippen LogP contribution in [-0.4, -0.2) is 39.7 Å². The fourth-order valence-electron chi connectivity index (χ4n) is 2.82. The molecule has 1 aliphatic carbocycles. The highest BCUT2D eigenvalue weighted by Crippen LogP contribution is 2.29. The van der Waals surface area contributed by atoms with Gasteiger partial charge in [0.25, 0.3) is 5.91 Å². The molecule has 1 atom stereocenters. The van der Waals surface area contributed by atoms with Gasteiger partial charge in [-0.1, -0.05) is 6.42 Å². The molecule has 2 aromatic heterocycles. The maximum atomic E-state index is 12.6. The van der Waals surface area contributed by atoms with Gasteiger partial charge >= 0.3 is 0 Å². The average Bonchev–Trinajstić information content (AvgIpc) is 2.92. The molecule has 6 nitrogen and oxygen atoms in total. The van der Waals surface area contributed by atoms with Crippen molar-refractivity contribution in [3.63, 3.8) is 0 Å². The van der Waals surface area contributed by atoms with Gasteiger partial charge in [-0.15, -0.1) is 0 Å². The summed E-state index contributed by atoms with van der Waals surface area (Å²) < 4.78 is 7.69. The smallest absolute Gasteiger partial charge is 0.270 e. The van der Waals surface area contributed by atoms with Crippen LogP contribution in [0.1, 0.15) is 42.4 Å². The molecule has 1 amide bonds. The first kappa shape index (κ1) is 16.6. The van der Waals surface area contributed by atoms with Crippen molar-refractivity contribution >= 4 is 11.6 Å². The number of hydrogen-bond acceptors (Lipinski definition) is 4. The maximum absolute atomic E-state index is 12.6. The molecule has 1 saturated carbocycles. The number of fused-ring (bicyclic) bond motifs is 1. The van der Waals surface area contributed by atoms with Gasteiger partial charge < -0.3 is 15.2 Å². The third-order valence-electron chi connectivity index (χ3n) is 4.49. The van der Waals surface area contributed by atoms with Crippen molar-refractivity contribution < 1.29 is 14.6 Å². The van der Waals surface area contributed by atoms with E-state index in [1.807, 2.05) is 12.1 Å². The largest absolute Gasteiger partial charge is 0.489 e. The van der Waals surface area contributed by atoms with Gasteiger partial charge in [-0.05, 0) is 37.8 Å². The lowest BCUT2D eigenvalue weighted by Crippen LogP contribution is -2.36. The number of aromatic nitrogens is 2. The number of rotatable bonds is 7. The molecular formula is C18H24N3O3+. The number of nitrogens with zero attached hydrogens (tertiary/aromatic N) is 2. The quantitative estimate of drug-likeness (QED) is 0.762. The summed E-state index contributed by atoms with van der Waals surface area (Å²) in [7, 11) is 0. The topological polar surface area (TPSA) is 75.9 Å². The number of aliphatic hydroxyl groups excluding tert-OH is 1. The van der Waals surface area contributed by atoms with E-state index in [9.17, 15) is 4.79 Å². The van der Waals surface area contributed by atoms with Gasteiger partial charge in [-0.3, -0.25) is 9.20 Å². The average molecular weight is 330 g/mol. The highest BCUT2D eigenvalue weighted by molar-refractivity contribution is 5.95. The summed E-state index contributed by atoms with van der Waals surface area (Å²) in [5.41, 5.74) is 1.71. The summed E-state index contributed by atoms with van der Waals surface area (Å²) in [4.78, 5) is 17.1. The van der Waals surface area contributed by atoms with E-state index < -0.39 is 0 Å². The van der Waals surface area contributed by atoms with E-state index >= 15 is 0 Å². The first-order chi connectivity index (χ1) is 11.6. The van der Waals surface area contributed by atoms with Gasteiger partial charge in [0.15, 0.2) is 11.4 Å². The van der Waals surface area contributed by atoms with Gasteiger partial charge in [0.1, 0.15) is 17.8 Å². The molecule has 2 heterocycles. The van der Waals surface area contributed by atoms with Crippen LogP contribution in [0.2, 0.25) is 0 Å². The number of ether oxygens (including phenoxy) is 1. The lowest BCUT2D eigenvalue weighted by atomic mass is 9.86. The van der Waals surface area contributed by atoms with Crippen LogP contribution in [0.4, 0.5) is 0 Å². The Morgan fingerprint density at radius 1 is 1.58 bits per heavy atom. The molecular weight excluding hydrogens is 306 g/mol. The minimum Gasteiger partial charge on any atom is -0.489 e. The van der Waals surface area contributed by atoms with Crippen molar-refractivity contribution in [2.75, 3.05) is 13.2 Å². The molecule has 1 fully saturated rings. The van der Waals surface area contributed by atoms with Crippen LogP contribution < -0.4 is 10.1 Å². The Morgan fingerprint density at radius 3 is 3.00 bits per heavy atom. The van der Waals surface area contributed by atoms with Gasteiger partial charge in [0, 0.05) is 12.2 Å². The molecule has 1 unspecified atom stereocenters. The molecule has 0 radical (unpaired) electrons. The van der Waals surface area contributed by atoms with Gasteiger partial charge in [0.05, 0.1) is 20.1 Å². The lowest BCUT2D eigenvalue weighted by molar-refractivity contribution is 0.0915. The normalized spacial score (nSPS) is 15.9. The fraction of sp³-hybridized carbons (Fsp3) is 0.500. The second-order valence-corrected chi connectivity index (χ2v) is 6.39. The third-order valence-corrected chi connectivity index (χ3v) is 4.49. The van der Waals surface area contributed by atoms with Crippen molar-refractivity contribution in [3.05, 3.63) is 36.6 Å². The number of pyridine rings is 1. The van der Waals surface area contributed by atoms with E-state index in [0.717, 1.165) is 0 Å². The molecule has 0 aromatic carbocycles. The van der Waals surface area contributed by atoms with E-state index in [4.69, 9.17) is 9.84 Å². The van der Waals surface area contributed by atoms with Crippen molar-refractivity contribution in [2.24, 2.45) is 5.92 Å². The standard InChI is InChI=1S/C18H23N3O3/c1-3-14-16(18(23)19-12(2)10-22)21-9-5-8-15(17(21)20-14)24-11-13-6-4-7-13/h5,8-9,12-13,22H,1,3-4,6-7,10-11H2,2H3/p+1. The van der Waals surface area contributed by atoms with Crippen LogP contribution in [0.3, 0.4) is 0 Å². The predicted octanol–water partition coefficient (Wildman–Crippen LogP) is 2.00. The van der Waals surface area contributed by atoms with Crippen LogP contribution in [0.25, 0.3) is 5.65 Å². The highest BCUT2D eigenvalue weighted by Gasteiger charge is 2.23. The molecule has 1 aliphatic rings. The first-order valence-electron chi connectivity index (χ1n) is 8.47. The second kappa shape index (κ2) is 7.13. The fourth-order valence-corrected chi connectivity index (χ4v) is 2.82. The van der Waals surface area contributed by atoms with Gasteiger partial charge in [-0.2, -0.15) is 0 Å². The Labute approximate surface area is 141 Å². The number of amides is 1. The van der Waals surface area contributed by atoms with E-state index in [1.165, 1.54) is 19.3 Å². The molecule has 24 heavy (non-hydrogen) atoms. The minimum atomic E-state index is -0.321. The Kier molecular flexibility index (Phi) is 4.94.